The molecule has 17 heavy (non-hydrogen) atoms. The summed E-state index contributed by atoms with van der Waals surface area (Å²) in [6.45, 7) is 2.16. The van der Waals surface area contributed by atoms with Gasteiger partial charge in [0, 0.05) is 22.3 Å². The molecule has 5 heteroatoms. The Kier molecular flexibility index (Phi) is 3.39. The van der Waals surface area contributed by atoms with Crippen LogP contribution in [0.4, 0.5) is 11.4 Å². The van der Waals surface area contributed by atoms with E-state index in [0.29, 0.717) is 17.8 Å². The highest BCUT2D eigenvalue weighted by molar-refractivity contribution is 7.07. The SMILES string of the molecule is CC(=O)c1ccc(NCc2cscn2)cc1N. The minimum absolute atomic E-state index is 0.0199. The molecule has 1 aromatic heterocycles. The number of nitrogens with two attached hydrogens (primary N) is 1. The van der Waals surface area contributed by atoms with Crippen molar-refractivity contribution in [1.29, 1.82) is 0 Å². The van der Waals surface area contributed by atoms with Gasteiger partial charge in [0.05, 0.1) is 17.7 Å². The molecular formula is C12H13N3OS. The Morgan fingerprint density at radius 3 is 2.94 bits per heavy atom. The molecule has 2 aromatic rings. The van der Waals surface area contributed by atoms with Gasteiger partial charge in [-0.1, -0.05) is 0 Å². The highest BCUT2D eigenvalue weighted by atomic mass is 32.1. The second-order valence-electron chi connectivity index (χ2n) is 3.69. The maximum atomic E-state index is 11.2. The van der Waals surface area contributed by atoms with Gasteiger partial charge in [-0.05, 0) is 25.1 Å². The Morgan fingerprint density at radius 1 is 1.53 bits per heavy atom. The molecule has 3 N–H and O–H groups in total. The molecule has 1 aromatic carbocycles. The highest BCUT2D eigenvalue weighted by Crippen LogP contribution is 2.19. The number of nitrogen functional groups attached to an aromatic ring is 1. The van der Waals surface area contributed by atoms with Crippen LogP contribution in [0.3, 0.4) is 0 Å². The largest absolute Gasteiger partial charge is 0.398 e. The fourth-order valence-electron chi connectivity index (χ4n) is 1.51. The third-order valence-corrected chi connectivity index (χ3v) is 3.02. The van der Waals surface area contributed by atoms with Gasteiger partial charge < -0.3 is 11.1 Å². The van der Waals surface area contributed by atoms with Gasteiger partial charge >= 0.3 is 0 Å². The average molecular weight is 247 g/mol. The van der Waals surface area contributed by atoms with E-state index in [0.717, 1.165) is 11.4 Å². The number of hydrogen-bond donors (Lipinski definition) is 2. The van der Waals surface area contributed by atoms with Gasteiger partial charge in [-0.15, -0.1) is 11.3 Å². The second kappa shape index (κ2) is 4.97. The highest BCUT2D eigenvalue weighted by Gasteiger charge is 2.05. The fourth-order valence-corrected chi connectivity index (χ4v) is 2.07. The molecule has 0 unspecified atom stereocenters. The minimum Gasteiger partial charge on any atom is -0.398 e. The van der Waals surface area contributed by atoms with Gasteiger partial charge in [0.2, 0.25) is 0 Å². The molecule has 0 aliphatic rings. The second-order valence-corrected chi connectivity index (χ2v) is 4.41. The summed E-state index contributed by atoms with van der Waals surface area (Å²) < 4.78 is 0. The number of nitrogens with zero attached hydrogens (tertiary/aromatic N) is 1. The van der Waals surface area contributed by atoms with Crippen molar-refractivity contribution in [3.05, 3.63) is 40.3 Å². The molecule has 1 heterocycles. The predicted molar refractivity (Wildman–Crippen MR) is 70.3 cm³/mol. The van der Waals surface area contributed by atoms with E-state index in [1.807, 2.05) is 11.4 Å². The van der Waals surface area contributed by atoms with E-state index in [1.165, 1.54) is 6.92 Å². The van der Waals surface area contributed by atoms with Crippen LogP contribution in [0.15, 0.2) is 29.1 Å². The van der Waals surface area contributed by atoms with Crippen LogP contribution in [-0.4, -0.2) is 10.8 Å². The summed E-state index contributed by atoms with van der Waals surface area (Å²) in [6, 6.07) is 5.35. The van der Waals surface area contributed by atoms with E-state index in [9.17, 15) is 4.79 Å². The van der Waals surface area contributed by atoms with Crippen molar-refractivity contribution in [3.8, 4) is 0 Å². The zero-order chi connectivity index (χ0) is 12.3. The minimum atomic E-state index is -0.0199. The first-order chi connectivity index (χ1) is 8.16. The summed E-state index contributed by atoms with van der Waals surface area (Å²) in [5, 5.41) is 5.19. The molecule has 0 amide bonds. The van der Waals surface area contributed by atoms with Crippen molar-refractivity contribution >= 4 is 28.5 Å². The lowest BCUT2D eigenvalue weighted by atomic mass is 10.1. The monoisotopic (exact) mass is 247 g/mol. The Bertz CT molecular complexity index is 523. The molecule has 0 bridgehead atoms. The number of nitrogens with one attached hydrogen (secondary N) is 1. The quantitative estimate of drug-likeness (QED) is 0.643. The smallest absolute Gasteiger partial charge is 0.161 e. The van der Waals surface area contributed by atoms with E-state index in [1.54, 1.807) is 29.0 Å². The number of hydrogen-bond acceptors (Lipinski definition) is 5. The molecule has 4 nitrogen and oxygen atoms in total. The molecule has 0 aliphatic heterocycles. The number of carbonyl (C=O) groups excluding carboxylic acids is 1. The lowest BCUT2D eigenvalue weighted by Crippen LogP contribution is -2.03. The van der Waals surface area contributed by atoms with E-state index in [-0.39, 0.29) is 5.78 Å². The van der Waals surface area contributed by atoms with Crippen LogP contribution in [0.5, 0.6) is 0 Å². The van der Waals surface area contributed by atoms with Crippen LogP contribution in [0, 0.1) is 0 Å². The lowest BCUT2D eigenvalue weighted by Gasteiger charge is -2.07. The third kappa shape index (κ3) is 2.82. The normalized spacial score (nSPS) is 10.2. The van der Waals surface area contributed by atoms with E-state index < -0.39 is 0 Å². The number of ketones is 1. The summed E-state index contributed by atoms with van der Waals surface area (Å²) in [4.78, 5) is 15.4. The Morgan fingerprint density at radius 2 is 2.35 bits per heavy atom. The van der Waals surface area contributed by atoms with E-state index >= 15 is 0 Å². The van der Waals surface area contributed by atoms with Crippen LogP contribution >= 0.6 is 11.3 Å². The van der Waals surface area contributed by atoms with Gasteiger partial charge in [0.25, 0.3) is 0 Å². The zero-order valence-electron chi connectivity index (χ0n) is 9.43. The number of carbonyl (C=O) groups is 1. The van der Waals surface area contributed by atoms with Gasteiger partial charge in [-0.3, -0.25) is 4.79 Å². The van der Waals surface area contributed by atoms with E-state index in [2.05, 4.69) is 10.3 Å². The standard InChI is InChI=1S/C12H13N3OS/c1-8(16)11-3-2-9(4-12(11)13)14-5-10-6-17-7-15-10/h2-4,6-7,14H,5,13H2,1H3. The molecule has 0 saturated heterocycles. The molecule has 0 fully saturated rings. The summed E-state index contributed by atoms with van der Waals surface area (Å²) in [7, 11) is 0. The molecule has 2 rings (SSSR count). The van der Waals surface area contributed by atoms with Crippen molar-refractivity contribution in [2.75, 3.05) is 11.1 Å². The number of aromatic nitrogens is 1. The van der Waals surface area contributed by atoms with Crippen molar-refractivity contribution in [2.45, 2.75) is 13.5 Å². The Labute approximate surface area is 103 Å². The van der Waals surface area contributed by atoms with Crippen LogP contribution < -0.4 is 11.1 Å². The predicted octanol–water partition coefficient (Wildman–Crippen LogP) is 2.54. The van der Waals surface area contributed by atoms with Crippen LogP contribution in [0.1, 0.15) is 23.0 Å². The van der Waals surface area contributed by atoms with Crippen molar-refractivity contribution in [1.82, 2.24) is 4.98 Å². The first-order valence-electron chi connectivity index (χ1n) is 5.18. The molecular weight excluding hydrogens is 234 g/mol. The first-order valence-corrected chi connectivity index (χ1v) is 6.12. The zero-order valence-corrected chi connectivity index (χ0v) is 10.3. The maximum absolute atomic E-state index is 11.2. The number of rotatable bonds is 4. The third-order valence-electron chi connectivity index (χ3n) is 2.39. The van der Waals surface area contributed by atoms with Crippen LogP contribution in [0.2, 0.25) is 0 Å². The van der Waals surface area contributed by atoms with Crippen molar-refractivity contribution in [2.24, 2.45) is 0 Å². The number of Topliss-reactive ketones (excluding diaryl/α,β-unsaturated/α-hetero) is 1. The molecule has 0 radical (unpaired) electrons. The maximum Gasteiger partial charge on any atom is 0.161 e. The van der Waals surface area contributed by atoms with Gasteiger partial charge in [-0.25, -0.2) is 4.98 Å². The topological polar surface area (TPSA) is 68.0 Å². The number of thiazole rings is 1. The molecule has 0 spiro atoms. The van der Waals surface area contributed by atoms with Crippen LogP contribution in [0.25, 0.3) is 0 Å². The fraction of sp³-hybridized carbons (Fsp3) is 0.167. The Hall–Kier alpha value is -1.88. The summed E-state index contributed by atoms with van der Waals surface area (Å²) in [6.07, 6.45) is 0. The molecule has 0 aliphatic carbocycles. The van der Waals surface area contributed by atoms with Gasteiger partial charge in [-0.2, -0.15) is 0 Å². The molecule has 0 saturated carbocycles. The summed E-state index contributed by atoms with van der Waals surface area (Å²) in [5.74, 6) is -0.0199. The summed E-state index contributed by atoms with van der Waals surface area (Å²) in [5.41, 5.74) is 10.5. The van der Waals surface area contributed by atoms with Crippen molar-refractivity contribution in [3.63, 3.8) is 0 Å². The molecule has 0 atom stereocenters. The summed E-state index contributed by atoms with van der Waals surface area (Å²) >= 11 is 1.56. The van der Waals surface area contributed by atoms with Gasteiger partial charge in [0.15, 0.2) is 5.78 Å². The first kappa shape index (κ1) is 11.6. The number of benzene rings is 1. The number of anilines is 2. The van der Waals surface area contributed by atoms with Gasteiger partial charge in [0.1, 0.15) is 0 Å². The van der Waals surface area contributed by atoms with E-state index in [4.69, 9.17) is 5.73 Å². The molecule has 88 valence electrons. The average Bonchev–Trinajstić information content (AvgIpc) is 2.78. The van der Waals surface area contributed by atoms with Crippen molar-refractivity contribution < 1.29 is 4.79 Å². The Balaban J connectivity index is 2.07. The van der Waals surface area contributed by atoms with Crippen LogP contribution in [-0.2, 0) is 6.54 Å². The lowest BCUT2D eigenvalue weighted by molar-refractivity contribution is 0.101.